The Morgan fingerprint density at radius 2 is 1.89 bits per heavy atom. The Bertz CT molecular complexity index is 1890. The van der Waals surface area contributed by atoms with E-state index >= 15 is 0 Å². The van der Waals surface area contributed by atoms with Gasteiger partial charge in [0.05, 0.1) is 34.3 Å². The number of phenolic OH excluding ortho intramolecular Hbond substituents is 1. The van der Waals surface area contributed by atoms with Crippen LogP contribution in [0, 0.1) is 5.92 Å². The molecule has 246 valence electrons. The van der Waals surface area contributed by atoms with Crippen LogP contribution < -0.4 is 15.7 Å². The number of likely N-dealkylation sites (tertiary alicyclic amines) is 1. The molecule has 4 heterocycles. The Morgan fingerprint density at radius 1 is 1.11 bits per heavy atom. The fraction of sp³-hybridized carbons (Fsp3) is 0.371. The van der Waals surface area contributed by atoms with Gasteiger partial charge in [-0.15, -0.1) is 11.8 Å². The first-order valence-corrected chi connectivity index (χ1v) is 17.5. The third-order valence-corrected chi connectivity index (χ3v) is 10.1. The van der Waals surface area contributed by atoms with Crippen molar-refractivity contribution in [3.05, 3.63) is 83.0 Å². The van der Waals surface area contributed by atoms with Crippen LogP contribution in [0.25, 0.3) is 22.1 Å². The second kappa shape index (κ2) is 14.3. The van der Waals surface area contributed by atoms with Gasteiger partial charge in [-0.05, 0) is 37.9 Å². The second-order valence-electron chi connectivity index (χ2n) is 12.6. The summed E-state index contributed by atoms with van der Waals surface area (Å²) in [6.45, 7) is 9.16. The Balaban J connectivity index is 0.959. The van der Waals surface area contributed by atoms with E-state index in [-0.39, 0.29) is 28.6 Å². The summed E-state index contributed by atoms with van der Waals surface area (Å²) in [6, 6.07) is 14.0. The molecule has 0 bridgehead atoms. The first-order chi connectivity index (χ1) is 22.6. The molecule has 0 unspecified atom stereocenters. The van der Waals surface area contributed by atoms with Crippen LogP contribution in [0.4, 0.5) is 5.13 Å². The normalized spacial score (nSPS) is 14.4. The number of benzene rings is 2. The molecule has 0 atom stereocenters. The van der Waals surface area contributed by atoms with Gasteiger partial charge in [0.15, 0.2) is 5.13 Å². The number of hydrogen-bond acceptors (Lipinski definition) is 11. The molecular weight excluding hydrogens is 637 g/mol. The van der Waals surface area contributed by atoms with E-state index in [4.69, 9.17) is 13.6 Å². The van der Waals surface area contributed by atoms with Crippen molar-refractivity contribution in [1.82, 2.24) is 14.9 Å². The number of nitrogens with zero attached hydrogens (tertiary/aromatic N) is 3. The number of piperidine rings is 1. The number of aromatic hydroxyl groups is 1. The van der Waals surface area contributed by atoms with Crippen LogP contribution in [-0.2, 0) is 16.0 Å². The fourth-order valence-electron chi connectivity index (χ4n) is 5.55. The molecule has 6 rings (SSSR count). The maximum Gasteiger partial charge on any atom is 0.336 e. The average Bonchev–Trinajstić information content (AvgIpc) is 3.72. The van der Waals surface area contributed by atoms with E-state index in [9.17, 15) is 14.7 Å². The van der Waals surface area contributed by atoms with Crippen molar-refractivity contribution in [3.63, 3.8) is 0 Å². The topological polar surface area (TPSA) is 131 Å². The van der Waals surface area contributed by atoms with Crippen LogP contribution in [0.1, 0.15) is 51.7 Å². The summed E-state index contributed by atoms with van der Waals surface area (Å²) in [5.41, 5.74) is 1.26. The Morgan fingerprint density at radius 3 is 2.64 bits per heavy atom. The van der Waals surface area contributed by atoms with Crippen LogP contribution in [0.15, 0.2) is 78.8 Å². The quantitative estimate of drug-likeness (QED) is 0.0835. The maximum absolute atomic E-state index is 13.0. The van der Waals surface area contributed by atoms with Crippen molar-refractivity contribution in [2.45, 2.75) is 55.4 Å². The monoisotopic (exact) mass is 674 g/mol. The molecule has 2 aromatic carbocycles. The molecule has 0 aliphatic carbocycles. The second-order valence-corrected chi connectivity index (χ2v) is 14.9. The standard InChI is InChI=1S/C35H38N4O6S2/c1-35(2,3)28-19-36-29(45-28)21-46-31-20-37-34(47-31)38-33(42)23-10-13-39(14-11-23)12-7-15-43-26-16-24(40)17-27-32(26)25(18-30(41)44-27)22-8-5-4-6-9-22/h4-6,8-9,16-20,23,40H,7,10-15,21H2,1-3H3,(H,37,38,42). The molecule has 1 aliphatic heterocycles. The number of phenols is 1. The summed E-state index contributed by atoms with van der Waals surface area (Å²) < 4.78 is 18.4. The summed E-state index contributed by atoms with van der Waals surface area (Å²) in [5, 5.41) is 14.5. The van der Waals surface area contributed by atoms with Gasteiger partial charge in [-0.25, -0.2) is 14.8 Å². The van der Waals surface area contributed by atoms with Gasteiger partial charge in [0.1, 0.15) is 22.8 Å². The molecule has 12 heteroatoms. The molecule has 2 N–H and O–H groups in total. The van der Waals surface area contributed by atoms with Gasteiger partial charge in [-0.1, -0.05) is 62.4 Å². The minimum atomic E-state index is -0.492. The summed E-state index contributed by atoms with van der Waals surface area (Å²) in [5.74, 6) is 2.53. The molecule has 3 aromatic heterocycles. The third kappa shape index (κ3) is 8.24. The molecular formula is C35H38N4O6S2. The zero-order valence-electron chi connectivity index (χ0n) is 26.7. The van der Waals surface area contributed by atoms with Crippen molar-refractivity contribution in [2.75, 3.05) is 31.6 Å². The van der Waals surface area contributed by atoms with Gasteiger partial charge in [0, 0.05) is 41.6 Å². The number of carbonyl (C=O) groups is 1. The number of rotatable bonds is 11. The van der Waals surface area contributed by atoms with E-state index in [1.165, 1.54) is 23.5 Å². The number of carbonyl (C=O) groups excluding carboxylic acids is 1. The summed E-state index contributed by atoms with van der Waals surface area (Å²) in [7, 11) is 0. The number of thioether (sulfide) groups is 1. The van der Waals surface area contributed by atoms with Crippen molar-refractivity contribution < 1.29 is 23.5 Å². The van der Waals surface area contributed by atoms with Crippen LogP contribution >= 0.6 is 23.1 Å². The Labute approximate surface area is 281 Å². The minimum Gasteiger partial charge on any atom is -0.508 e. The molecule has 1 amide bonds. The van der Waals surface area contributed by atoms with Crippen LogP contribution in [0.2, 0.25) is 0 Å². The zero-order valence-corrected chi connectivity index (χ0v) is 28.3. The molecule has 1 aliphatic rings. The molecule has 0 radical (unpaired) electrons. The number of fused-ring (bicyclic) bond motifs is 1. The Hall–Kier alpha value is -4.13. The lowest BCUT2D eigenvalue weighted by Gasteiger charge is -2.31. The predicted molar refractivity (Wildman–Crippen MR) is 184 cm³/mol. The van der Waals surface area contributed by atoms with E-state index in [1.54, 1.807) is 30.2 Å². The number of anilines is 1. The average molecular weight is 675 g/mol. The molecule has 1 saturated heterocycles. The van der Waals surface area contributed by atoms with Crippen molar-refractivity contribution >= 4 is 45.1 Å². The van der Waals surface area contributed by atoms with E-state index in [1.807, 2.05) is 30.3 Å². The van der Waals surface area contributed by atoms with Gasteiger partial charge < -0.3 is 28.9 Å². The number of oxazole rings is 1. The molecule has 10 nitrogen and oxygen atoms in total. The van der Waals surface area contributed by atoms with Gasteiger partial charge in [0.25, 0.3) is 0 Å². The largest absolute Gasteiger partial charge is 0.508 e. The highest BCUT2D eigenvalue weighted by atomic mass is 32.2. The lowest BCUT2D eigenvalue weighted by Crippen LogP contribution is -2.38. The van der Waals surface area contributed by atoms with Crippen molar-refractivity contribution in [2.24, 2.45) is 5.92 Å². The fourth-order valence-corrected chi connectivity index (χ4v) is 7.27. The first-order valence-electron chi connectivity index (χ1n) is 15.7. The molecule has 0 spiro atoms. The third-order valence-electron chi connectivity index (χ3n) is 8.06. The van der Waals surface area contributed by atoms with E-state index in [0.29, 0.717) is 40.1 Å². The summed E-state index contributed by atoms with van der Waals surface area (Å²) >= 11 is 3.05. The molecule has 0 saturated carbocycles. The van der Waals surface area contributed by atoms with Gasteiger partial charge in [0.2, 0.25) is 11.8 Å². The molecule has 1 fully saturated rings. The Kier molecular flexibility index (Phi) is 10.00. The smallest absolute Gasteiger partial charge is 0.336 e. The summed E-state index contributed by atoms with van der Waals surface area (Å²) in [6.07, 6.45) is 5.88. The maximum atomic E-state index is 13.0. The number of nitrogens with one attached hydrogen (secondary N) is 1. The van der Waals surface area contributed by atoms with Gasteiger partial charge in [-0.2, -0.15) is 0 Å². The molecule has 47 heavy (non-hydrogen) atoms. The van der Waals surface area contributed by atoms with Crippen molar-refractivity contribution in [3.8, 4) is 22.6 Å². The van der Waals surface area contributed by atoms with Crippen LogP contribution in [0.3, 0.4) is 0 Å². The number of aromatic nitrogens is 2. The highest BCUT2D eigenvalue weighted by molar-refractivity contribution is 8.00. The lowest BCUT2D eigenvalue weighted by molar-refractivity contribution is -0.121. The van der Waals surface area contributed by atoms with Gasteiger partial charge >= 0.3 is 5.63 Å². The first kappa shape index (κ1) is 32.8. The van der Waals surface area contributed by atoms with Crippen LogP contribution in [0.5, 0.6) is 11.5 Å². The van der Waals surface area contributed by atoms with E-state index in [2.05, 4.69) is 41.0 Å². The number of thiazole rings is 1. The van der Waals surface area contributed by atoms with Crippen molar-refractivity contribution in [1.29, 1.82) is 0 Å². The van der Waals surface area contributed by atoms with Crippen LogP contribution in [-0.4, -0.2) is 52.1 Å². The highest BCUT2D eigenvalue weighted by Gasteiger charge is 2.26. The summed E-state index contributed by atoms with van der Waals surface area (Å²) in [4.78, 5) is 36.4. The SMILES string of the molecule is CC(C)(C)c1cnc(CSc2cnc(NC(=O)C3CCN(CCCOc4cc(O)cc5oc(=O)cc(-c6ccccc6)c45)CC3)s2)o1. The van der Waals surface area contributed by atoms with E-state index in [0.717, 1.165) is 54.4 Å². The van der Waals surface area contributed by atoms with Gasteiger partial charge in [-0.3, -0.25) is 4.79 Å². The van der Waals surface area contributed by atoms with E-state index < -0.39 is 5.63 Å². The number of amides is 1. The minimum absolute atomic E-state index is 0.0121. The predicted octanol–water partition coefficient (Wildman–Crippen LogP) is 7.32. The lowest BCUT2D eigenvalue weighted by atomic mass is 9.94. The zero-order chi connectivity index (χ0) is 33.0. The molecule has 5 aromatic rings. The number of ether oxygens (including phenoxy) is 1. The highest BCUT2D eigenvalue weighted by Crippen LogP contribution is 2.37. The number of hydrogen-bond donors (Lipinski definition) is 2.